The number of alkyl halides is 1. The summed E-state index contributed by atoms with van der Waals surface area (Å²) in [6, 6.07) is 5.83. The van der Waals surface area contributed by atoms with Crippen molar-refractivity contribution < 1.29 is 4.74 Å². The average Bonchev–Trinajstić information content (AvgIpc) is 2.73. The van der Waals surface area contributed by atoms with Gasteiger partial charge in [-0.2, -0.15) is 5.10 Å². The zero-order valence-corrected chi connectivity index (χ0v) is 11.7. The number of benzene rings is 1. The second kappa shape index (κ2) is 5.56. The summed E-state index contributed by atoms with van der Waals surface area (Å²) in [6.45, 7) is 0.507. The van der Waals surface area contributed by atoms with Gasteiger partial charge in [-0.3, -0.25) is 4.68 Å². The number of halogens is 2. The molecule has 0 unspecified atom stereocenters. The number of aryl methyl sites for hydroxylation is 1. The maximum Gasteiger partial charge on any atom is 0.134 e. The Morgan fingerprint density at radius 3 is 2.82 bits per heavy atom. The normalized spacial score (nSPS) is 10.5. The highest BCUT2D eigenvalue weighted by Gasteiger charge is 2.03. The topological polar surface area (TPSA) is 27.1 Å². The van der Waals surface area contributed by atoms with Crippen LogP contribution < -0.4 is 4.74 Å². The van der Waals surface area contributed by atoms with Crippen LogP contribution in [0.5, 0.6) is 5.75 Å². The third-order valence-electron chi connectivity index (χ3n) is 2.30. The molecule has 0 bridgehead atoms. The van der Waals surface area contributed by atoms with E-state index in [4.69, 9.17) is 16.3 Å². The Balaban J connectivity index is 2.04. The van der Waals surface area contributed by atoms with E-state index in [1.807, 2.05) is 31.4 Å². The molecule has 0 saturated carbocycles. The van der Waals surface area contributed by atoms with Gasteiger partial charge in [-0.1, -0.05) is 6.07 Å². The summed E-state index contributed by atoms with van der Waals surface area (Å²) in [7, 11) is 1.88. The van der Waals surface area contributed by atoms with E-state index in [1.165, 1.54) is 0 Å². The lowest BCUT2D eigenvalue weighted by atomic mass is 10.2. The van der Waals surface area contributed by atoms with Gasteiger partial charge in [0.05, 0.1) is 10.7 Å². The van der Waals surface area contributed by atoms with Crippen molar-refractivity contribution in [1.29, 1.82) is 0 Å². The lowest BCUT2D eigenvalue weighted by molar-refractivity contribution is 0.304. The first-order valence-corrected chi connectivity index (χ1v) is 6.46. The van der Waals surface area contributed by atoms with Crippen molar-refractivity contribution in [1.82, 2.24) is 9.78 Å². The molecule has 3 nitrogen and oxygen atoms in total. The van der Waals surface area contributed by atoms with Crippen molar-refractivity contribution in [2.75, 3.05) is 0 Å². The molecule has 2 aromatic rings. The molecule has 1 aromatic carbocycles. The summed E-state index contributed by atoms with van der Waals surface area (Å²) in [4.78, 5) is 0. The summed E-state index contributed by atoms with van der Waals surface area (Å²) < 4.78 is 8.36. The highest BCUT2D eigenvalue weighted by molar-refractivity contribution is 9.10. The average molecular weight is 316 g/mol. The fourth-order valence-electron chi connectivity index (χ4n) is 1.45. The van der Waals surface area contributed by atoms with Crippen LogP contribution in [0.3, 0.4) is 0 Å². The summed E-state index contributed by atoms with van der Waals surface area (Å²) in [6.07, 6.45) is 3.72. The molecule has 0 aliphatic carbocycles. The van der Waals surface area contributed by atoms with Crippen LogP contribution in [-0.4, -0.2) is 9.78 Å². The van der Waals surface area contributed by atoms with Crippen molar-refractivity contribution in [3.63, 3.8) is 0 Å². The smallest absolute Gasteiger partial charge is 0.134 e. The van der Waals surface area contributed by atoms with Gasteiger partial charge < -0.3 is 4.74 Å². The predicted molar refractivity (Wildman–Crippen MR) is 71.2 cm³/mol. The minimum Gasteiger partial charge on any atom is -0.488 e. The molecule has 1 aromatic heterocycles. The Labute approximate surface area is 113 Å². The number of hydrogen-bond acceptors (Lipinski definition) is 2. The Morgan fingerprint density at radius 2 is 2.24 bits per heavy atom. The van der Waals surface area contributed by atoms with Crippen molar-refractivity contribution in [2.24, 2.45) is 7.05 Å². The lowest BCUT2D eigenvalue weighted by Gasteiger charge is -2.07. The van der Waals surface area contributed by atoms with E-state index in [9.17, 15) is 0 Å². The Morgan fingerprint density at radius 1 is 1.41 bits per heavy atom. The lowest BCUT2D eigenvalue weighted by Crippen LogP contribution is -1.95. The van der Waals surface area contributed by atoms with Gasteiger partial charge in [0.1, 0.15) is 12.4 Å². The molecule has 0 aliphatic heterocycles. The number of nitrogens with zero attached hydrogens (tertiary/aromatic N) is 2. The zero-order valence-electron chi connectivity index (χ0n) is 9.36. The minimum absolute atomic E-state index is 0.501. The summed E-state index contributed by atoms with van der Waals surface area (Å²) >= 11 is 9.22. The monoisotopic (exact) mass is 314 g/mol. The van der Waals surface area contributed by atoms with Gasteiger partial charge >= 0.3 is 0 Å². The third-order valence-corrected chi connectivity index (χ3v) is 3.23. The van der Waals surface area contributed by atoms with Gasteiger partial charge in [0.2, 0.25) is 0 Å². The van der Waals surface area contributed by atoms with E-state index in [2.05, 4.69) is 21.0 Å². The molecule has 0 fully saturated rings. The third kappa shape index (κ3) is 3.23. The van der Waals surface area contributed by atoms with Gasteiger partial charge in [-0.05, 0) is 33.6 Å². The molecular weight excluding hydrogens is 304 g/mol. The van der Waals surface area contributed by atoms with Crippen molar-refractivity contribution >= 4 is 27.5 Å². The highest BCUT2D eigenvalue weighted by Crippen LogP contribution is 2.27. The minimum atomic E-state index is 0.501. The van der Waals surface area contributed by atoms with Gasteiger partial charge in [-0.25, -0.2) is 0 Å². The molecule has 0 radical (unpaired) electrons. The molecule has 0 aliphatic rings. The van der Waals surface area contributed by atoms with Gasteiger partial charge in [0.25, 0.3) is 0 Å². The highest BCUT2D eigenvalue weighted by atomic mass is 79.9. The van der Waals surface area contributed by atoms with E-state index in [-0.39, 0.29) is 0 Å². The molecule has 17 heavy (non-hydrogen) atoms. The molecule has 90 valence electrons. The second-order valence-corrected chi connectivity index (χ2v) is 4.83. The Hall–Kier alpha value is -1.00. The van der Waals surface area contributed by atoms with E-state index in [1.54, 1.807) is 10.9 Å². The predicted octanol–water partition coefficient (Wildman–Crippen LogP) is 3.50. The quantitative estimate of drug-likeness (QED) is 0.808. The van der Waals surface area contributed by atoms with Crippen LogP contribution >= 0.6 is 27.5 Å². The fraction of sp³-hybridized carbons (Fsp3) is 0.250. The molecule has 0 spiro atoms. The first-order valence-electron chi connectivity index (χ1n) is 5.14. The van der Waals surface area contributed by atoms with E-state index in [0.717, 1.165) is 21.3 Å². The van der Waals surface area contributed by atoms with Crippen LogP contribution in [0, 0.1) is 0 Å². The summed E-state index contributed by atoms with van der Waals surface area (Å²) in [5.41, 5.74) is 2.10. The van der Waals surface area contributed by atoms with Crippen LogP contribution in [0.4, 0.5) is 0 Å². The number of hydrogen-bond donors (Lipinski definition) is 0. The van der Waals surface area contributed by atoms with E-state index in [0.29, 0.717) is 12.5 Å². The summed E-state index contributed by atoms with van der Waals surface area (Å²) in [5.74, 6) is 1.31. The fourth-order valence-corrected chi connectivity index (χ4v) is 2.16. The summed E-state index contributed by atoms with van der Waals surface area (Å²) in [5, 5.41) is 4.09. The largest absolute Gasteiger partial charge is 0.488 e. The molecular formula is C12H12BrClN2O. The maximum atomic E-state index is 5.75. The van der Waals surface area contributed by atoms with E-state index < -0.39 is 0 Å². The van der Waals surface area contributed by atoms with Crippen LogP contribution in [0.1, 0.15) is 11.1 Å². The van der Waals surface area contributed by atoms with Gasteiger partial charge in [-0.15, -0.1) is 11.6 Å². The number of ether oxygens (including phenoxy) is 1. The van der Waals surface area contributed by atoms with Crippen molar-refractivity contribution in [3.8, 4) is 5.75 Å². The van der Waals surface area contributed by atoms with Crippen LogP contribution in [0.2, 0.25) is 0 Å². The standard InChI is InChI=1S/C12H12BrClN2O/c1-16-7-10(6-15-16)8-17-12-3-2-9(5-14)4-11(12)13/h2-4,6-7H,5,8H2,1H3. The molecule has 5 heteroatoms. The Kier molecular flexibility index (Phi) is 4.07. The molecule has 1 heterocycles. The van der Waals surface area contributed by atoms with Gasteiger partial charge in [0, 0.05) is 24.7 Å². The number of rotatable bonds is 4. The first-order chi connectivity index (χ1) is 8.19. The van der Waals surface area contributed by atoms with Crippen LogP contribution in [0.25, 0.3) is 0 Å². The number of aromatic nitrogens is 2. The van der Waals surface area contributed by atoms with Crippen molar-refractivity contribution in [3.05, 3.63) is 46.2 Å². The SMILES string of the molecule is Cn1cc(COc2ccc(CCl)cc2Br)cn1. The first kappa shape index (κ1) is 12.5. The van der Waals surface area contributed by atoms with Crippen molar-refractivity contribution in [2.45, 2.75) is 12.5 Å². The maximum absolute atomic E-state index is 5.75. The Bertz CT molecular complexity index is 513. The molecule has 2 rings (SSSR count). The molecule has 0 atom stereocenters. The molecule has 0 saturated heterocycles. The van der Waals surface area contributed by atoms with Crippen LogP contribution in [0.15, 0.2) is 35.1 Å². The zero-order chi connectivity index (χ0) is 12.3. The van der Waals surface area contributed by atoms with Gasteiger partial charge in [0.15, 0.2) is 0 Å². The molecule has 0 N–H and O–H groups in total. The molecule has 0 amide bonds. The van der Waals surface area contributed by atoms with E-state index >= 15 is 0 Å². The second-order valence-electron chi connectivity index (χ2n) is 3.71. The van der Waals surface area contributed by atoms with Crippen LogP contribution in [-0.2, 0) is 19.5 Å².